The fraction of sp³-hybridized carbons (Fsp3) is 0.200. The number of nitriles is 1. The molecule has 5 nitrogen and oxygen atoms in total. The molecule has 1 aromatic heterocycles. The highest BCUT2D eigenvalue weighted by Crippen LogP contribution is 2.15. The number of halogens is 2. The van der Waals surface area contributed by atoms with Crippen LogP contribution in [0.3, 0.4) is 0 Å². The van der Waals surface area contributed by atoms with Gasteiger partial charge in [-0.25, -0.2) is 13.8 Å². The number of nitrogens with one attached hydrogen (secondary N) is 1. The molecule has 0 aliphatic rings. The van der Waals surface area contributed by atoms with Gasteiger partial charge in [0.15, 0.2) is 11.6 Å². The van der Waals surface area contributed by atoms with Crippen LogP contribution < -0.4 is 10.1 Å². The summed E-state index contributed by atoms with van der Waals surface area (Å²) in [6, 6.07) is 8.26. The third-order valence-electron chi connectivity index (χ3n) is 2.75. The Hall–Kier alpha value is -2.72. The number of aliphatic hydroxyl groups is 1. The first-order valence-corrected chi connectivity index (χ1v) is 6.44. The average Bonchev–Trinajstić information content (AvgIpc) is 2.54. The molecule has 0 radical (unpaired) electrons. The number of pyridine rings is 1. The van der Waals surface area contributed by atoms with Gasteiger partial charge in [0.1, 0.15) is 30.2 Å². The van der Waals surface area contributed by atoms with Gasteiger partial charge in [0.2, 0.25) is 0 Å². The Balaban J connectivity index is 1.78. The van der Waals surface area contributed by atoms with Gasteiger partial charge in [-0.1, -0.05) is 0 Å². The van der Waals surface area contributed by atoms with Crippen molar-refractivity contribution in [1.82, 2.24) is 4.98 Å². The summed E-state index contributed by atoms with van der Waals surface area (Å²) in [5, 5.41) is 21.3. The van der Waals surface area contributed by atoms with E-state index >= 15 is 0 Å². The third kappa shape index (κ3) is 4.40. The minimum atomic E-state index is -1.01. The van der Waals surface area contributed by atoms with Crippen LogP contribution in [-0.4, -0.2) is 29.3 Å². The second-order valence-electron chi connectivity index (χ2n) is 4.47. The average molecular weight is 305 g/mol. The molecular weight excluding hydrogens is 292 g/mol. The highest BCUT2D eigenvalue weighted by Gasteiger charge is 2.08. The van der Waals surface area contributed by atoms with E-state index in [4.69, 9.17) is 10.00 Å². The summed E-state index contributed by atoms with van der Waals surface area (Å²) in [4.78, 5) is 3.87. The first-order valence-electron chi connectivity index (χ1n) is 6.44. The van der Waals surface area contributed by atoms with Crippen LogP contribution in [0.2, 0.25) is 0 Å². The molecule has 1 aromatic carbocycles. The predicted octanol–water partition coefficient (Wildman–Crippen LogP) is 2.08. The predicted molar refractivity (Wildman–Crippen MR) is 75.3 cm³/mol. The maximum Gasteiger partial charge on any atom is 0.162 e. The van der Waals surface area contributed by atoms with Gasteiger partial charge in [-0.15, -0.1) is 0 Å². The Kier molecular flexibility index (Phi) is 5.22. The molecule has 0 amide bonds. The zero-order valence-electron chi connectivity index (χ0n) is 11.5. The lowest BCUT2D eigenvalue weighted by Crippen LogP contribution is -2.26. The zero-order chi connectivity index (χ0) is 15.9. The van der Waals surface area contributed by atoms with Crippen molar-refractivity contribution in [2.75, 3.05) is 18.5 Å². The highest BCUT2D eigenvalue weighted by atomic mass is 19.2. The number of aliphatic hydroxyl groups excluding tert-OH is 1. The van der Waals surface area contributed by atoms with Crippen molar-refractivity contribution in [1.29, 1.82) is 5.26 Å². The molecule has 22 heavy (non-hydrogen) atoms. The second kappa shape index (κ2) is 7.33. The van der Waals surface area contributed by atoms with E-state index in [1.54, 1.807) is 12.1 Å². The van der Waals surface area contributed by atoms with E-state index in [1.807, 2.05) is 6.07 Å². The number of hydrogen-bond donors (Lipinski definition) is 2. The van der Waals surface area contributed by atoms with Crippen molar-refractivity contribution >= 4 is 5.69 Å². The first-order chi connectivity index (χ1) is 10.6. The van der Waals surface area contributed by atoms with Gasteiger partial charge < -0.3 is 15.2 Å². The maximum atomic E-state index is 13.0. The summed E-state index contributed by atoms with van der Waals surface area (Å²) in [6.45, 7) is 0.0963. The van der Waals surface area contributed by atoms with E-state index in [-0.39, 0.29) is 18.9 Å². The Morgan fingerprint density at radius 2 is 2.09 bits per heavy atom. The number of anilines is 1. The number of aromatic nitrogens is 1. The second-order valence-corrected chi connectivity index (χ2v) is 4.47. The molecule has 0 saturated carbocycles. The number of rotatable bonds is 6. The summed E-state index contributed by atoms with van der Waals surface area (Å²) in [6.07, 6.45) is 0.616. The van der Waals surface area contributed by atoms with E-state index in [9.17, 15) is 13.9 Å². The molecule has 7 heteroatoms. The minimum absolute atomic E-state index is 0.0816. The molecule has 0 aliphatic carbocycles. The summed E-state index contributed by atoms with van der Waals surface area (Å²) in [5.41, 5.74) is 0.943. The molecule has 0 spiro atoms. The monoisotopic (exact) mass is 305 g/mol. The topological polar surface area (TPSA) is 78.2 Å². The van der Waals surface area contributed by atoms with Gasteiger partial charge in [-0.05, 0) is 24.3 Å². The summed E-state index contributed by atoms with van der Waals surface area (Å²) >= 11 is 0. The lowest BCUT2D eigenvalue weighted by atomic mass is 10.3. The SMILES string of the molecule is N#Cc1ccc(NC[C@H](O)COc2ccc(F)c(F)c2)cn1. The van der Waals surface area contributed by atoms with Crippen LogP contribution in [0.1, 0.15) is 5.69 Å². The Bertz CT molecular complexity index is 671. The molecule has 0 bridgehead atoms. The fourth-order valence-electron chi connectivity index (χ4n) is 1.62. The van der Waals surface area contributed by atoms with E-state index in [0.29, 0.717) is 11.4 Å². The number of nitrogens with zero attached hydrogens (tertiary/aromatic N) is 2. The van der Waals surface area contributed by atoms with Crippen LogP contribution >= 0.6 is 0 Å². The van der Waals surface area contributed by atoms with Crippen molar-refractivity contribution in [3.63, 3.8) is 0 Å². The van der Waals surface area contributed by atoms with Crippen LogP contribution in [0.15, 0.2) is 36.5 Å². The standard InChI is InChI=1S/C15H13F2N3O2/c16-14-4-3-13(5-15(14)17)22-9-12(21)8-20-11-2-1-10(6-18)19-7-11/h1-5,7,12,20-21H,8-9H2/t12-/m0/s1. The Labute approximate surface area is 125 Å². The molecule has 0 fully saturated rings. The maximum absolute atomic E-state index is 13.0. The Morgan fingerprint density at radius 1 is 1.27 bits per heavy atom. The van der Waals surface area contributed by atoms with Gasteiger partial charge in [-0.3, -0.25) is 0 Å². The molecule has 2 aromatic rings. The zero-order valence-corrected chi connectivity index (χ0v) is 11.5. The van der Waals surface area contributed by atoms with Crippen molar-refractivity contribution in [2.45, 2.75) is 6.10 Å². The molecule has 1 atom stereocenters. The lowest BCUT2D eigenvalue weighted by molar-refractivity contribution is 0.117. The molecule has 2 N–H and O–H groups in total. The van der Waals surface area contributed by atoms with Crippen molar-refractivity contribution in [2.24, 2.45) is 0 Å². The first kappa shape index (κ1) is 15.7. The summed E-state index contributed by atoms with van der Waals surface area (Å²) < 4.78 is 30.9. The van der Waals surface area contributed by atoms with Gasteiger partial charge >= 0.3 is 0 Å². The highest BCUT2D eigenvalue weighted by molar-refractivity contribution is 5.42. The van der Waals surface area contributed by atoms with Gasteiger partial charge in [0.25, 0.3) is 0 Å². The summed E-state index contributed by atoms with van der Waals surface area (Å²) in [7, 11) is 0. The molecular formula is C15H13F2N3O2. The van der Waals surface area contributed by atoms with Gasteiger partial charge in [-0.2, -0.15) is 5.26 Å². The van der Waals surface area contributed by atoms with Gasteiger partial charge in [0, 0.05) is 12.6 Å². The molecule has 0 unspecified atom stereocenters. The van der Waals surface area contributed by atoms with Crippen molar-refractivity contribution in [3.8, 4) is 11.8 Å². The lowest BCUT2D eigenvalue weighted by Gasteiger charge is -2.14. The van der Waals surface area contributed by atoms with E-state index < -0.39 is 17.7 Å². The quantitative estimate of drug-likeness (QED) is 0.854. The van der Waals surface area contributed by atoms with Crippen LogP contribution in [0.25, 0.3) is 0 Å². The normalized spacial score (nSPS) is 11.5. The Morgan fingerprint density at radius 3 is 2.73 bits per heavy atom. The summed E-state index contributed by atoms with van der Waals surface area (Å²) in [5.74, 6) is -1.82. The molecule has 2 rings (SSSR count). The number of benzene rings is 1. The molecule has 0 saturated heterocycles. The minimum Gasteiger partial charge on any atom is -0.491 e. The molecule has 0 aliphatic heterocycles. The number of hydrogen-bond acceptors (Lipinski definition) is 5. The van der Waals surface area contributed by atoms with Crippen molar-refractivity contribution in [3.05, 3.63) is 53.9 Å². The van der Waals surface area contributed by atoms with E-state index in [2.05, 4.69) is 10.3 Å². The largest absolute Gasteiger partial charge is 0.491 e. The third-order valence-corrected chi connectivity index (χ3v) is 2.75. The van der Waals surface area contributed by atoms with Crippen LogP contribution in [0.4, 0.5) is 14.5 Å². The molecule has 1 heterocycles. The molecule has 114 valence electrons. The van der Waals surface area contributed by atoms with Gasteiger partial charge in [0.05, 0.1) is 11.9 Å². The van der Waals surface area contributed by atoms with Crippen LogP contribution in [-0.2, 0) is 0 Å². The smallest absolute Gasteiger partial charge is 0.162 e. The van der Waals surface area contributed by atoms with E-state index in [0.717, 1.165) is 12.1 Å². The van der Waals surface area contributed by atoms with E-state index in [1.165, 1.54) is 12.3 Å². The van der Waals surface area contributed by atoms with Crippen LogP contribution in [0, 0.1) is 23.0 Å². The fourth-order valence-corrected chi connectivity index (χ4v) is 1.62. The van der Waals surface area contributed by atoms with Crippen LogP contribution in [0.5, 0.6) is 5.75 Å². The number of ether oxygens (including phenoxy) is 1. The van der Waals surface area contributed by atoms with Crippen molar-refractivity contribution < 1.29 is 18.6 Å².